The molecule has 0 bridgehead atoms. The van der Waals surface area contributed by atoms with Gasteiger partial charge in [0.2, 0.25) is 0 Å². The summed E-state index contributed by atoms with van der Waals surface area (Å²) in [4.78, 5) is 26.4. The summed E-state index contributed by atoms with van der Waals surface area (Å²) in [5.74, 6) is 2.97. The van der Waals surface area contributed by atoms with Crippen molar-refractivity contribution in [1.82, 2.24) is 9.80 Å². The quantitative estimate of drug-likeness (QED) is 0.233. The zero-order chi connectivity index (χ0) is 30.6. The van der Waals surface area contributed by atoms with E-state index in [0.29, 0.717) is 36.5 Å². The molecule has 8 heteroatoms. The van der Waals surface area contributed by atoms with Crippen LogP contribution in [0.15, 0.2) is 24.3 Å². The monoisotopic (exact) mass is 558 g/mol. The second-order valence-corrected chi connectivity index (χ2v) is 11.1. The number of likely N-dealkylation sites (N-methyl/N-ethyl adjacent to an activating group) is 2. The molecule has 2 aromatic rings. The van der Waals surface area contributed by atoms with Crippen LogP contribution in [0.2, 0.25) is 0 Å². The lowest BCUT2D eigenvalue weighted by Gasteiger charge is -2.18. The van der Waals surface area contributed by atoms with Crippen molar-refractivity contribution in [3.8, 4) is 23.0 Å². The Hall–Kier alpha value is -3.10. The number of benzene rings is 2. The van der Waals surface area contributed by atoms with E-state index >= 15 is 0 Å². The van der Waals surface area contributed by atoms with Gasteiger partial charge in [0.15, 0.2) is 0 Å². The molecule has 224 valence electrons. The van der Waals surface area contributed by atoms with Crippen molar-refractivity contribution in [3.05, 3.63) is 46.5 Å². The Morgan fingerprint density at radius 3 is 1.20 bits per heavy atom. The molecule has 0 saturated heterocycles. The summed E-state index contributed by atoms with van der Waals surface area (Å²) in [6.07, 6.45) is 0. The van der Waals surface area contributed by atoms with E-state index in [4.69, 9.17) is 18.9 Å². The van der Waals surface area contributed by atoms with Crippen LogP contribution in [0.3, 0.4) is 0 Å². The Bertz CT molecular complexity index is 1020. The third kappa shape index (κ3) is 12.4. The number of carbonyl (C=O) groups excluding carboxylic acids is 2. The molecule has 0 aliphatic rings. The first-order valence-corrected chi connectivity index (χ1v) is 13.8. The maximum absolute atomic E-state index is 11.1. The summed E-state index contributed by atoms with van der Waals surface area (Å²) in [5, 5.41) is 0. The highest BCUT2D eigenvalue weighted by Crippen LogP contribution is 2.34. The fraction of sp³-hybridized carbons (Fsp3) is 0.562. The van der Waals surface area contributed by atoms with Crippen LogP contribution in [-0.4, -0.2) is 76.2 Å². The number of aryl methyl sites for hydroxylation is 2. The zero-order valence-electron chi connectivity index (χ0n) is 26.6. The number of esters is 2. The van der Waals surface area contributed by atoms with Crippen LogP contribution in [0.25, 0.3) is 0 Å². The molecule has 2 aromatic carbocycles. The van der Waals surface area contributed by atoms with E-state index in [0.717, 1.165) is 46.8 Å². The summed E-state index contributed by atoms with van der Waals surface area (Å²) in [6.45, 7) is 18.1. The number of carbonyl (C=O) groups is 2. The number of rotatable bonds is 12. The van der Waals surface area contributed by atoms with Crippen molar-refractivity contribution in [3.63, 3.8) is 0 Å². The third-order valence-electron chi connectivity index (χ3n) is 5.96. The van der Waals surface area contributed by atoms with Crippen LogP contribution in [0.5, 0.6) is 23.0 Å². The Morgan fingerprint density at radius 1 is 0.625 bits per heavy atom. The van der Waals surface area contributed by atoms with Crippen LogP contribution in [0.1, 0.15) is 75.6 Å². The van der Waals surface area contributed by atoms with Crippen molar-refractivity contribution in [2.75, 3.05) is 54.5 Å². The van der Waals surface area contributed by atoms with Gasteiger partial charge in [-0.05, 0) is 89.3 Å². The average molecular weight is 559 g/mol. The van der Waals surface area contributed by atoms with Gasteiger partial charge in [0.1, 0.15) is 36.2 Å². The van der Waals surface area contributed by atoms with E-state index in [1.54, 1.807) is 0 Å². The topological polar surface area (TPSA) is 77.5 Å². The second-order valence-electron chi connectivity index (χ2n) is 11.1. The number of nitrogens with zero attached hydrogens (tertiary/aromatic N) is 2. The van der Waals surface area contributed by atoms with Gasteiger partial charge in [-0.25, -0.2) is 0 Å². The van der Waals surface area contributed by atoms with E-state index in [9.17, 15) is 9.59 Å². The minimum atomic E-state index is -0.302. The molecular formula is C32H50N2O6. The molecule has 0 aliphatic heterocycles. The standard InChI is InChI=1S/2C16H25NO3/c2*1-11(2)14-10-15(20-13(4)18)12(3)9-16(14)19-8-7-17(5)6/h2*9-11H,7-8H2,1-6H3. The molecule has 0 aliphatic carbocycles. The van der Waals surface area contributed by atoms with Crippen LogP contribution < -0.4 is 18.9 Å². The lowest BCUT2D eigenvalue weighted by Crippen LogP contribution is -2.20. The Labute approximate surface area is 241 Å². The minimum absolute atomic E-state index is 0.302. The minimum Gasteiger partial charge on any atom is -0.492 e. The first-order valence-electron chi connectivity index (χ1n) is 13.8. The van der Waals surface area contributed by atoms with E-state index in [1.807, 2.05) is 66.3 Å². The molecular weight excluding hydrogens is 508 g/mol. The average Bonchev–Trinajstić information content (AvgIpc) is 2.81. The molecule has 0 saturated carbocycles. The van der Waals surface area contributed by atoms with Crippen molar-refractivity contribution in [2.24, 2.45) is 0 Å². The maximum atomic E-state index is 11.1. The molecule has 0 N–H and O–H groups in total. The Balaban J connectivity index is 0.000000400. The highest BCUT2D eigenvalue weighted by atomic mass is 16.5. The van der Waals surface area contributed by atoms with Gasteiger partial charge >= 0.3 is 11.9 Å². The molecule has 0 spiro atoms. The van der Waals surface area contributed by atoms with Gasteiger partial charge in [-0.15, -0.1) is 0 Å². The molecule has 0 amide bonds. The van der Waals surface area contributed by atoms with Crippen LogP contribution in [0.4, 0.5) is 0 Å². The summed E-state index contributed by atoms with van der Waals surface area (Å²) < 4.78 is 22.2. The van der Waals surface area contributed by atoms with Gasteiger partial charge in [0, 0.05) is 38.1 Å². The third-order valence-corrected chi connectivity index (χ3v) is 5.96. The number of ether oxygens (including phenoxy) is 4. The van der Waals surface area contributed by atoms with E-state index in [1.165, 1.54) is 13.8 Å². The van der Waals surface area contributed by atoms with Crippen molar-refractivity contribution in [1.29, 1.82) is 0 Å². The summed E-state index contributed by atoms with van der Waals surface area (Å²) in [5.41, 5.74) is 3.94. The Morgan fingerprint density at radius 2 is 0.950 bits per heavy atom. The van der Waals surface area contributed by atoms with Gasteiger partial charge in [0.05, 0.1) is 0 Å². The SMILES string of the molecule is CC(=O)Oc1cc(C(C)C)c(OCCN(C)C)cc1C.CC(=O)Oc1cc(C(C)C)c(OCCN(C)C)cc1C. The van der Waals surface area contributed by atoms with Gasteiger partial charge in [-0.3, -0.25) is 9.59 Å². The Kier molecular flexibility index (Phi) is 14.7. The molecule has 8 nitrogen and oxygen atoms in total. The summed E-state index contributed by atoms with van der Waals surface area (Å²) >= 11 is 0. The zero-order valence-corrected chi connectivity index (χ0v) is 26.6. The van der Waals surface area contributed by atoms with Gasteiger partial charge < -0.3 is 28.7 Å². The smallest absolute Gasteiger partial charge is 0.308 e. The predicted molar refractivity (Wildman–Crippen MR) is 161 cm³/mol. The maximum Gasteiger partial charge on any atom is 0.308 e. The molecule has 0 fully saturated rings. The molecule has 2 rings (SSSR count). The van der Waals surface area contributed by atoms with Crippen molar-refractivity contribution >= 4 is 11.9 Å². The van der Waals surface area contributed by atoms with E-state index < -0.39 is 0 Å². The van der Waals surface area contributed by atoms with E-state index in [-0.39, 0.29) is 11.9 Å². The molecule has 0 aromatic heterocycles. The largest absolute Gasteiger partial charge is 0.492 e. The summed E-state index contributed by atoms with van der Waals surface area (Å²) in [6, 6.07) is 7.71. The highest BCUT2D eigenvalue weighted by Gasteiger charge is 2.15. The van der Waals surface area contributed by atoms with Crippen LogP contribution in [-0.2, 0) is 9.59 Å². The van der Waals surface area contributed by atoms with Crippen LogP contribution >= 0.6 is 0 Å². The first-order chi connectivity index (χ1) is 18.6. The van der Waals surface area contributed by atoms with E-state index in [2.05, 4.69) is 37.5 Å². The predicted octanol–water partition coefficient (Wildman–Crippen LogP) is 5.97. The fourth-order valence-electron chi connectivity index (χ4n) is 3.71. The molecule has 0 radical (unpaired) electrons. The number of hydrogen-bond donors (Lipinski definition) is 0. The normalized spacial score (nSPS) is 11.0. The fourth-order valence-corrected chi connectivity index (χ4v) is 3.71. The lowest BCUT2D eigenvalue weighted by molar-refractivity contribution is -0.132. The lowest BCUT2D eigenvalue weighted by atomic mass is 10.00. The molecule has 0 unspecified atom stereocenters. The van der Waals surface area contributed by atoms with Crippen LogP contribution in [0, 0.1) is 13.8 Å². The van der Waals surface area contributed by atoms with Crippen molar-refractivity contribution < 1.29 is 28.5 Å². The molecule has 0 heterocycles. The highest BCUT2D eigenvalue weighted by molar-refractivity contribution is 5.70. The molecule has 0 atom stereocenters. The molecule has 40 heavy (non-hydrogen) atoms. The van der Waals surface area contributed by atoms with Crippen molar-refractivity contribution in [2.45, 2.75) is 67.2 Å². The first kappa shape index (κ1) is 34.9. The van der Waals surface area contributed by atoms with Gasteiger partial charge in [-0.1, -0.05) is 27.7 Å². The second kappa shape index (κ2) is 16.9. The number of hydrogen-bond acceptors (Lipinski definition) is 8. The van der Waals surface area contributed by atoms with Gasteiger partial charge in [-0.2, -0.15) is 0 Å². The summed E-state index contributed by atoms with van der Waals surface area (Å²) in [7, 11) is 8.06. The van der Waals surface area contributed by atoms with Gasteiger partial charge in [0.25, 0.3) is 0 Å².